The molecule has 0 aliphatic heterocycles. The topological polar surface area (TPSA) is 66.0 Å². The maximum Gasteiger partial charge on any atom is 0.233 e. The number of hydrogen-bond donors (Lipinski definition) is 2. The van der Waals surface area contributed by atoms with E-state index in [1.807, 2.05) is 27.1 Å². The maximum atomic E-state index is 13.4. The molecule has 106 valence electrons. The maximum absolute atomic E-state index is 13.4. The lowest BCUT2D eigenvalue weighted by Crippen LogP contribution is -2.15. The molecular weight excluding hydrogens is 259 g/mol. The highest BCUT2D eigenvalue weighted by atomic mass is 19.1. The summed E-state index contributed by atoms with van der Waals surface area (Å²) in [4.78, 5) is 14.4. The minimum absolute atomic E-state index is 0.303. The molecule has 0 spiro atoms. The molecule has 0 aliphatic carbocycles. The Morgan fingerprint density at radius 1 is 1.05 bits per heavy atom. The first-order valence-electron chi connectivity index (χ1n) is 6.13. The fourth-order valence-corrected chi connectivity index (χ4v) is 1.67. The van der Waals surface area contributed by atoms with Gasteiger partial charge in [-0.05, 0) is 30.7 Å². The molecule has 2 N–H and O–H groups in total. The van der Waals surface area contributed by atoms with Gasteiger partial charge in [0.2, 0.25) is 17.8 Å². The van der Waals surface area contributed by atoms with Crippen molar-refractivity contribution in [3.05, 3.63) is 29.6 Å². The van der Waals surface area contributed by atoms with Crippen LogP contribution >= 0.6 is 0 Å². The molecule has 0 radical (unpaired) electrons. The molecule has 0 amide bonds. The van der Waals surface area contributed by atoms with E-state index in [9.17, 15) is 4.39 Å². The predicted molar refractivity (Wildman–Crippen MR) is 78.1 cm³/mol. The highest BCUT2D eigenvalue weighted by molar-refractivity contribution is 5.56. The third-order valence-electron chi connectivity index (χ3n) is 2.55. The molecule has 0 unspecified atom stereocenters. The van der Waals surface area contributed by atoms with Crippen LogP contribution in [-0.4, -0.2) is 36.1 Å². The van der Waals surface area contributed by atoms with Crippen LogP contribution in [-0.2, 0) is 0 Å². The summed E-state index contributed by atoms with van der Waals surface area (Å²) >= 11 is 0. The van der Waals surface area contributed by atoms with Gasteiger partial charge in [-0.25, -0.2) is 4.39 Å². The van der Waals surface area contributed by atoms with Crippen molar-refractivity contribution in [2.45, 2.75) is 6.92 Å². The Hall–Kier alpha value is -2.44. The van der Waals surface area contributed by atoms with Gasteiger partial charge in [-0.15, -0.1) is 0 Å². The third-order valence-corrected chi connectivity index (χ3v) is 2.55. The zero-order valence-electron chi connectivity index (χ0n) is 11.9. The standard InChI is InChI=1S/C13H17FN6/c1-8-5-9(14)7-10(6-8)16-12-17-11(15-2)18-13(19-12)20(3)4/h5-7H,1-4H3,(H2,15,16,17,18,19). The van der Waals surface area contributed by atoms with Crippen LogP contribution in [0.3, 0.4) is 0 Å². The SMILES string of the molecule is CNc1nc(Nc2cc(C)cc(F)c2)nc(N(C)C)n1. The summed E-state index contributed by atoms with van der Waals surface area (Å²) in [5.41, 5.74) is 1.42. The third kappa shape index (κ3) is 3.31. The van der Waals surface area contributed by atoms with Crippen molar-refractivity contribution in [2.75, 3.05) is 36.7 Å². The lowest BCUT2D eigenvalue weighted by molar-refractivity contribution is 0.627. The van der Waals surface area contributed by atoms with Gasteiger partial charge in [-0.2, -0.15) is 15.0 Å². The van der Waals surface area contributed by atoms with E-state index in [0.717, 1.165) is 5.56 Å². The van der Waals surface area contributed by atoms with E-state index < -0.39 is 0 Å². The molecule has 7 heteroatoms. The molecule has 1 aromatic carbocycles. The van der Waals surface area contributed by atoms with E-state index >= 15 is 0 Å². The van der Waals surface area contributed by atoms with Crippen molar-refractivity contribution in [3.63, 3.8) is 0 Å². The first-order chi connectivity index (χ1) is 9.47. The van der Waals surface area contributed by atoms with Crippen molar-refractivity contribution in [1.29, 1.82) is 0 Å². The van der Waals surface area contributed by atoms with Crippen molar-refractivity contribution in [3.8, 4) is 0 Å². The summed E-state index contributed by atoms with van der Waals surface area (Å²) in [6.45, 7) is 1.83. The van der Waals surface area contributed by atoms with Crippen LogP contribution in [0.4, 0.5) is 27.9 Å². The van der Waals surface area contributed by atoms with E-state index in [0.29, 0.717) is 23.5 Å². The number of aryl methyl sites for hydroxylation is 1. The second-order valence-electron chi connectivity index (χ2n) is 4.57. The summed E-state index contributed by atoms with van der Waals surface area (Å²) in [5.74, 6) is 1.01. The van der Waals surface area contributed by atoms with Crippen LogP contribution in [0.5, 0.6) is 0 Å². The zero-order valence-corrected chi connectivity index (χ0v) is 11.9. The first kappa shape index (κ1) is 14.0. The average molecular weight is 276 g/mol. The molecule has 0 saturated heterocycles. The van der Waals surface area contributed by atoms with Gasteiger partial charge in [0.1, 0.15) is 5.82 Å². The van der Waals surface area contributed by atoms with Crippen molar-refractivity contribution in [2.24, 2.45) is 0 Å². The molecule has 0 bridgehead atoms. The van der Waals surface area contributed by atoms with Crippen LogP contribution < -0.4 is 15.5 Å². The lowest BCUT2D eigenvalue weighted by Gasteiger charge is -2.13. The highest BCUT2D eigenvalue weighted by Gasteiger charge is 2.08. The lowest BCUT2D eigenvalue weighted by atomic mass is 10.2. The van der Waals surface area contributed by atoms with Crippen LogP contribution in [0.1, 0.15) is 5.56 Å². The van der Waals surface area contributed by atoms with Crippen LogP contribution in [0.15, 0.2) is 18.2 Å². The Morgan fingerprint density at radius 2 is 1.75 bits per heavy atom. The summed E-state index contributed by atoms with van der Waals surface area (Å²) < 4.78 is 13.4. The van der Waals surface area contributed by atoms with Crippen LogP contribution in [0, 0.1) is 12.7 Å². The molecule has 2 aromatic rings. The average Bonchev–Trinajstić information content (AvgIpc) is 2.36. The Bertz CT molecular complexity index is 594. The molecule has 1 aromatic heterocycles. The van der Waals surface area contributed by atoms with Crippen LogP contribution in [0.25, 0.3) is 0 Å². The van der Waals surface area contributed by atoms with Crippen molar-refractivity contribution < 1.29 is 4.39 Å². The number of nitrogens with zero attached hydrogens (tertiary/aromatic N) is 4. The number of rotatable bonds is 4. The largest absolute Gasteiger partial charge is 0.357 e. The Kier molecular flexibility index (Phi) is 3.97. The smallest absolute Gasteiger partial charge is 0.233 e. The number of benzene rings is 1. The number of halogens is 1. The summed E-state index contributed by atoms with van der Waals surface area (Å²) in [6, 6.07) is 4.68. The minimum Gasteiger partial charge on any atom is -0.357 e. The zero-order chi connectivity index (χ0) is 14.7. The highest BCUT2D eigenvalue weighted by Crippen LogP contribution is 2.19. The quantitative estimate of drug-likeness (QED) is 0.892. The molecule has 2 rings (SSSR count). The van der Waals surface area contributed by atoms with Gasteiger partial charge in [-0.3, -0.25) is 0 Å². The normalized spacial score (nSPS) is 10.2. The number of anilines is 4. The molecule has 20 heavy (non-hydrogen) atoms. The number of nitrogens with one attached hydrogen (secondary N) is 2. The summed E-state index contributed by atoms with van der Waals surface area (Å²) in [6.07, 6.45) is 0. The van der Waals surface area contributed by atoms with Gasteiger partial charge >= 0.3 is 0 Å². The van der Waals surface area contributed by atoms with E-state index in [-0.39, 0.29) is 5.82 Å². The van der Waals surface area contributed by atoms with Gasteiger partial charge in [-0.1, -0.05) is 0 Å². The Balaban J connectivity index is 2.34. The monoisotopic (exact) mass is 276 g/mol. The molecular formula is C13H17FN6. The first-order valence-corrected chi connectivity index (χ1v) is 6.13. The Labute approximate surface area is 117 Å². The Morgan fingerprint density at radius 3 is 2.35 bits per heavy atom. The number of aromatic nitrogens is 3. The molecule has 0 atom stereocenters. The van der Waals surface area contributed by atoms with E-state index in [4.69, 9.17) is 0 Å². The van der Waals surface area contributed by atoms with E-state index in [2.05, 4.69) is 25.6 Å². The molecule has 0 saturated carbocycles. The van der Waals surface area contributed by atoms with Gasteiger partial charge in [0.15, 0.2) is 0 Å². The van der Waals surface area contributed by atoms with Crippen molar-refractivity contribution in [1.82, 2.24) is 15.0 Å². The van der Waals surface area contributed by atoms with Gasteiger partial charge < -0.3 is 15.5 Å². The van der Waals surface area contributed by atoms with E-state index in [1.54, 1.807) is 11.9 Å². The molecule has 1 heterocycles. The summed E-state index contributed by atoms with van der Waals surface area (Å²) in [7, 11) is 5.40. The minimum atomic E-state index is -0.303. The molecule has 0 fully saturated rings. The fourth-order valence-electron chi connectivity index (χ4n) is 1.67. The van der Waals surface area contributed by atoms with E-state index in [1.165, 1.54) is 12.1 Å². The molecule has 6 nitrogen and oxygen atoms in total. The number of hydrogen-bond acceptors (Lipinski definition) is 6. The van der Waals surface area contributed by atoms with Crippen molar-refractivity contribution >= 4 is 23.5 Å². The molecule has 0 aliphatic rings. The fraction of sp³-hybridized carbons (Fsp3) is 0.308. The second kappa shape index (κ2) is 5.68. The van der Waals surface area contributed by atoms with Crippen LogP contribution in [0.2, 0.25) is 0 Å². The second-order valence-corrected chi connectivity index (χ2v) is 4.57. The van der Waals surface area contributed by atoms with Gasteiger partial charge in [0.05, 0.1) is 0 Å². The van der Waals surface area contributed by atoms with Gasteiger partial charge in [0, 0.05) is 26.8 Å². The predicted octanol–water partition coefficient (Wildman–Crippen LogP) is 2.17. The van der Waals surface area contributed by atoms with Gasteiger partial charge in [0.25, 0.3) is 0 Å². The summed E-state index contributed by atoms with van der Waals surface area (Å²) in [5, 5.41) is 5.85.